The Balaban J connectivity index is 0.000000386. The molecule has 1 aromatic carbocycles. The van der Waals surface area contributed by atoms with Crippen molar-refractivity contribution < 1.29 is 4.74 Å². The second kappa shape index (κ2) is 7.09. The molecule has 0 unspecified atom stereocenters. The predicted octanol–water partition coefficient (Wildman–Crippen LogP) is 1.07. The second-order valence-electron chi connectivity index (χ2n) is 3.60. The Bertz CT molecular complexity index is 281. The zero-order chi connectivity index (χ0) is 11.8. The Kier molecular flexibility index (Phi) is 5.67. The molecule has 0 saturated carbocycles. The molecule has 1 aliphatic heterocycles. The zero-order valence-electron chi connectivity index (χ0n) is 9.86. The molecule has 0 atom stereocenters. The molecule has 1 aliphatic rings. The Labute approximate surface area is 97.2 Å². The van der Waals surface area contributed by atoms with Crippen LogP contribution in [0.2, 0.25) is 0 Å². The van der Waals surface area contributed by atoms with Gasteiger partial charge in [-0.1, -0.05) is 6.92 Å². The number of rotatable bonds is 1. The van der Waals surface area contributed by atoms with Crippen molar-refractivity contribution in [2.45, 2.75) is 6.92 Å². The standard InChI is InChI=1S/C10H14N2O.C2H7N/c11-9-1-3-10(4-2-9)12-5-7-13-8-6-12;1-2-3/h1-4H,5-8,11H2;2-3H2,1H3. The van der Waals surface area contributed by atoms with Gasteiger partial charge >= 0.3 is 0 Å². The molecule has 4 heteroatoms. The molecule has 1 heterocycles. The topological polar surface area (TPSA) is 64.5 Å². The summed E-state index contributed by atoms with van der Waals surface area (Å²) < 4.78 is 5.28. The molecular weight excluding hydrogens is 202 g/mol. The van der Waals surface area contributed by atoms with Crippen LogP contribution in [0, 0.1) is 0 Å². The minimum Gasteiger partial charge on any atom is -0.399 e. The van der Waals surface area contributed by atoms with Crippen LogP contribution >= 0.6 is 0 Å². The van der Waals surface area contributed by atoms with Crippen LogP contribution in [0.3, 0.4) is 0 Å². The van der Waals surface area contributed by atoms with Crippen LogP contribution in [-0.2, 0) is 4.74 Å². The van der Waals surface area contributed by atoms with E-state index in [0.717, 1.165) is 38.5 Å². The summed E-state index contributed by atoms with van der Waals surface area (Å²) in [4.78, 5) is 2.31. The van der Waals surface area contributed by atoms with Crippen LogP contribution in [0.1, 0.15) is 6.92 Å². The summed E-state index contributed by atoms with van der Waals surface area (Å²) in [6.45, 7) is 6.25. The third-order valence-electron chi connectivity index (χ3n) is 2.27. The molecule has 0 radical (unpaired) electrons. The molecule has 1 aromatic rings. The van der Waals surface area contributed by atoms with Crippen molar-refractivity contribution in [1.82, 2.24) is 0 Å². The summed E-state index contributed by atoms with van der Waals surface area (Å²) in [6, 6.07) is 7.98. The number of hydrogen-bond donors (Lipinski definition) is 2. The van der Waals surface area contributed by atoms with E-state index in [1.807, 2.05) is 19.1 Å². The van der Waals surface area contributed by atoms with Gasteiger partial charge < -0.3 is 21.1 Å². The van der Waals surface area contributed by atoms with Crippen molar-refractivity contribution >= 4 is 11.4 Å². The molecule has 4 nitrogen and oxygen atoms in total. The van der Waals surface area contributed by atoms with E-state index in [1.165, 1.54) is 5.69 Å². The minimum atomic E-state index is 0.750. The van der Waals surface area contributed by atoms with Crippen LogP contribution < -0.4 is 16.4 Å². The first kappa shape index (κ1) is 12.8. The molecular formula is C12H21N3O. The first-order chi connectivity index (χ1) is 7.77. The SMILES string of the molecule is CCN.Nc1ccc(N2CCOCC2)cc1. The lowest BCUT2D eigenvalue weighted by atomic mass is 10.2. The number of ether oxygens (including phenoxy) is 1. The van der Waals surface area contributed by atoms with E-state index in [1.54, 1.807) is 0 Å². The Hall–Kier alpha value is -1.26. The highest BCUT2D eigenvalue weighted by molar-refractivity contribution is 5.53. The van der Waals surface area contributed by atoms with Crippen LogP contribution in [0.25, 0.3) is 0 Å². The van der Waals surface area contributed by atoms with E-state index in [2.05, 4.69) is 17.0 Å². The highest BCUT2D eigenvalue weighted by Gasteiger charge is 2.09. The van der Waals surface area contributed by atoms with Gasteiger partial charge in [0.15, 0.2) is 0 Å². The van der Waals surface area contributed by atoms with E-state index >= 15 is 0 Å². The van der Waals surface area contributed by atoms with E-state index in [4.69, 9.17) is 16.2 Å². The number of anilines is 2. The third kappa shape index (κ3) is 4.08. The van der Waals surface area contributed by atoms with Gasteiger partial charge in [0.2, 0.25) is 0 Å². The maximum Gasteiger partial charge on any atom is 0.0642 e. The Morgan fingerprint density at radius 2 is 1.69 bits per heavy atom. The van der Waals surface area contributed by atoms with E-state index in [9.17, 15) is 0 Å². The van der Waals surface area contributed by atoms with E-state index < -0.39 is 0 Å². The number of nitrogens with zero attached hydrogens (tertiary/aromatic N) is 1. The molecule has 0 aromatic heterocycles. The lowest BCUT2D eigenvalue weighted by molar-refractivity contribution is 0.122. The first-order valence-electron chi connectivity index (χ1n) is 5.66. The van der Waals surface area contributed by atoms with Gasteiger partial charge in [0, 0.05) is 24.5 Å². The van der Waals surface area contributed by atoms with Gasteiger partial charge in [-0.05, 0) is 30.8 Å². The largest absolute Gasteiger partial charge is 0.399 e. The lowest BCUT2D eigenvalue weighted by Gasteiger charge is -2.28. The van der Waals surface area contributed by atoms with E-state index in [0.29, 0.717) is 0 Å². The average molecular weight is 223 g/mol. The van der Waals surface area contributed by atoms with E-state index in [-0.39, 0.29) is 0 Å². The van der Waals surface area contributed by atoms with Crippen molar-refractivity contribution in [3.63, 3.8) is 0 Å². The molecule has 0 bridgehead atoms. The fraction of sp³-hybridized carbons (Fsp3) is 0.500. The number of morpholine rings is 1. The summed E-state index contributed by atoms with van der Waals surface area (Å²) in [5.41, 5.74) is 12.5. The van der Waals surface area contributed by atoms with Crippen LogP contribution in [0.15, 0.2) is 24.3 Å². The van der Waals surface area contributed by atoms with Gasteiger partial charge in [0.25, 0.3) is 0 Å². The zero-order valence-corrected chi connectivity index (χ0v) is 9.86. The van der Waals surface area contributed by atoms with Gasteiger partial charge in [-0.25, -0.2) is 0 Å². The number of hydrogen-bond acceptors (Lipinski definition) is 4. The van der Waals surface area contributed by atoms with Crippen molar-refractivity contribution in [2.24, 2.45) is 5.73 Å². The molecule has 4 N–H and O–H groups in total. The third-order valence-corrected chi connectivity index (χ3v) is 2.27. The number of benzene rings is 1. The fourth-order valence-electron chi connectivity index (χ4n) is 1.51. The Morgan fingerprint density at radius 3 is 2.19 bits per heavy atom. The van der Waals surface area contributed by atoms with Crippen LogP contribution in [0.5, 0.6) is 0 Å². The normalized spacial score (nSPS) is 15.2. The molecule has 2 rings (SSSR count). The molecule has 1 saturated heterocycles. The first-order valence-corrected chi connectivity index (χ1v) is 5.66. The maximum atomic E-state index is 5.61. The maximum absolute atomic E-state index is 5.61. The van der Waals surface area contributed by atoms with Crippen LogP contribution in [-0.4, -0.2) is 32.8 Å². The van der Waals surface area contributed by atoms with Crippen molar-refractivity contribution in [2.75, 3.05) is 43.5 Å². The van der Waals surface area contributed by atoms with Gasteiger partial charge in [0.1, 0.15) is 0 Å². The number of nitrogens with two attached hydrogens (primary N) is 2. The second-order valence-corrected chi connectivity index (χ2v) is 3.60. The predicted molar refractivity (Wildman–Crippen MR) is 68.6 cm³/mol. The van der Waals surface area contributed by atoms with Crippen molar-refractivity contribution in [3.05, 3.63) is 24.3 Å². The quantitative estimate of drug-likeness (QED) is 0.699. The average Bonchev–Trinajstić information content (AvgIpc) is 2.32. The van der Waals surface area contributed by atoms with Gasteiger partial charge in [-0.2, -0.15) is 0 Å². The molecule has 0 spiro atoms. The summed E-state index contributed by atoms with van der Waals surface area (Å²) in [6.07, 6.45) is 0. The molecule has 0 aliphatic carbocycles. The summed E-state index contributed by atoms with van der Waals surface area (Å²) >= 11 is 0. The highest BCUT2D eigenvalue weighted by atomic mass is 16.5. The highest BCUT2D eigenvalue weighted by Crippen LogP contribution is 2.16. The number of nitrogen functional groups attached to an aromatic ring is 1. The fourth-order valence-corrected chi connectivity index (χ4v) is 1.51. The van der Waals surface area contributed by atoms with Gasteiger partial charge in [-0.15, -0.1) is 0 Å². The van der Waals surface area contributed by atoms with Crippen LogP contribution in [0.4, 0.5) is 11.4 Å². The molecule has 16 heavy (non-hydrogen) atoms. The summed E-state index contributed by atoms with van der Waals surface area (Å²) in [7, 11) is 0. The van der Waals surface area contributed by atoms with Gasteiger partial charge in [0.05, 0.1) is 13.2 Å². The molecule has 0 amide bonds. The van der Waals surface area contributed by atoms with Crippen molar-refractivity contribution in [1.29, 1.82) is 0 Å². The van der Waals surface area contributed by atoms with Gasteiger partial charge in [-0.3, -0.25) is 0 Å². The molecule has 1 fully saturated rings. The summed E-state index contributed by atoms with van der Waals surface area (Å²) in [5.74, 6) is 0. The lowest BCUT2D eigenvalue weighted by Crippen LogP contribution is -2.36. The monoisotopic (exact) mass is 223 g/mol. The molecule has 90 valence electrons. The smallest absolute Gasteiger partial charge is 0.0642 e. The minimum absolute atomic E-state index is 0.750. The summed E-state index contributed by atoms with van der Waals surface area (Å²) in [5, 5.41) is 0. The van der Waals surface area contributed by atoms with Crippen molar-refractivity contribution in [3.8, 4) is 0 Å². The Morgan fingerprint density at radius 1 is 1.19 bits per heavy atom.